The van der Waals surface area contributed by atoms with Gasteiger partial charge in [0.25, 0.3) is 22.9 Å². The van der Waals surface area contributed by atoms with Gasteiger partial charge >= 0.3 is 6.03 Å². The quantitative estimate of drug-likeness (QED) is 0.384. The molecule has 2 aromatic heterocycles. The first-order chi connectivity index (χ1) is 18.5. The Labute approximate surface area is 223 Å². The van der Waals surface area contributed by atoms with Crippen LogP contribution >= 0.6 is 11.3 Å². The number of amides is 2. The SMILES string of the molecule is CN(CC(F)F)C(=O)N1CCN(c2cc(S(=O)(=O)N=C3COC3)cc3c2cnn3-c2nnc(C(F)F)s2)CC1. The molecule has 0 unspecified atom stereocenters. The molecule has 2 fully saturated rings. The van der Waals surface area contributed by atoms with Crippen molar-refractivity contribution in [2.45, 2.75) is 17.7 Å². The fraction of sp³-hybridized carbons (Fsp3) is 0.476. The van der Waals surface area contributed by atoms with Crippen LogP contribution in [0, 0.1) is 0 Å². The Balaban J connectivity index is 1.51. The van der Waals surface area contributed by atoms with Crippen LogP contribution in [0.4, 0.5) is 28.0 Å². The molecule has 0 aliphatic carbocycles. The van der Waals surface area contributed by atoms with Gasteiger partial charge in [-0.15, -0.1) is 10.2 Å². The first kappa shape index (κ1) is 27.2. The largest absolute Gasteiger partial charge is 0.369 e. The van der Waals surface area contributed by atoms with Gasteiger partial charge in [-0.05, 0) is 12.1 Å². The van der Waals surface area contributed by atoms with Crippen LogP contribution in [0.3, 0.4) is 0 Å². The van der Waals surface area contributed by atoms with Crippen LogP contribution in [0.15, 0.2) is 27.6 Å². The maximum Gasteiger partial charge on any atom is 0.320 e. The van der Waals surface area contributed by atoms with Crippen molar-refractivity contribution in [1.29, 1.82) is 0 Å². The summed E-state index contributed by atoms with van der Waals surface area (Å²) in [5.41, 5.74) is 1.10. The van der Waals surface area contributed by atoms with E-state index in [9.17, 15) is 30.8 Å². The van der Waals surface area contributed by atoms with Gasteiger partial charge < -0.3 is 19.4 Å². The molecule has 0 bridgehead atoms. The topological polar surface area (TPSA) is 126 Å². The molecule has 210 valence electrons. The number of ether oxygens (including phenoxy) is 1. The molecule has 0 saturated carbocycles. The third-order valence-corrected chi connectivity index (χ3v) is 8.39. The highest BCUT2D eigenvalue weighted by molar-refractivity contribution is 7.90. The zero-order valence-corrected chi connectivity index (χ0v) is 22.0. The van der Waals surface area contributed by atoms with Crippen LogP contribution in [-0.4, -0.2) is 109 Å². The van der Waals surface area contributed by atoms with E-state index >= 15 is 0 Å². The summed E-state index contributed by atoms with van der Waals surface area (Å²) in [6, 6.07) is 2.25. The lowest BCUT2D eigenvalue weighted by Crippen LogP contribution is -2.52. The number of alkyl halides is 4. The number of anilines is 1. The molecule has 2 amide bonds. The fourth-order valence-electron chi connectivity index (χ4n) is 4.18. The minimum atomic E-state index is -4.16. The lowest BCUT2D eigenvalue weighted by Gasteiger charge is -2.38. The fourth-order valence-corrected chi connectivity index (χ4v) is 5.92. The second-order valence-electron chi connectivity index (χ2n) is 8.81. The van der Waals surface area contributed by atoms with E-state index in [1.807, 2.05) is 4.90 Å². The third kappa shape index (κ3) is 5.53. The predicted molar refractivity (Wildman–Crippen MR) is 133 cm³/mol. The number of urea groups is 1. The summed E-state index contributed by atoms with van der Waals surface area (Å²) in [6.45, 7) is 0.459. The molecule has 0 atom stereocenters. The minimum Gasteiger partial charge on any atom is -0.369 e. The molecule has 4 heterocycles. The number of fused-ring (bicyclic) bond motifs is 1. The van der Waals surface area contributed by atoms with Crippen molar-refractivity contribution in [2.75, 3.05) is 57.9 Å². The van der Waals surface area contributed by atoms with Crippen molar-refractivity contribution in [2.24, 2.45) is 4.40 Å². The maximum absolute atomic E-state index is 13.1. The molecule has 5 rings (SSSR count). The number of hydrogen-bond donors (Lipinski definition) is 0. The number of hydrogen-bond acceptors (Lipinski definition) is 9. The number of benzene rings is 1. The smallest absolute Gasteiger partial charge is 0.320 e. The number of piperazine rings is 1. The molecule has 2 aliphatic rings. The van der Waals surface area contributed by atoms with Crippen LogP contribution < -0.4 is 4.90 Å². The summed E-state index contributed by atoms with van der Waals surface area (Å²) in [6.07, 6.45) is -4.03. The normalized spacial score (nSPS) is 16.3. The van der Waals surface area contributed by atoms with Crippen molar-refractivity contribution >= 4 is 49.7 Å². The van der Waals surface area contributed by atoms with E-state index in [-0.39, 0.29) is 54.9 Å². The van der Waals surface area contributed by atoms with Gasteiger partial charge in [-0.3, -0.25) is 0 Å². The van der Waals surface area contributed by atoms with Crippen molar-refractivity contribution < 1.29 is 35.5 Å². The van der Waals surface area contributed by atoms with Crippen LogP contribution in [0.1, 0.15) is 11.4 Å². The van der Waals surface area contributed by atoms with Gasteiger partial charge in [0.15, 0.2) is 5.01 Å². The molecule has 1 aromatic carbocycles. The summed E-state index contributed by atoms with van der Waals surface area (Å²) in [4.78, 5) is 16.6. The highest BCUT2D eigenvalue weighted by Gasteiger charge is 2.29. The van der Waals surface area contributed by atoms with Crippen LogP contribution in [0.5, 0.6) is 0 Å². The average molecular weight is 591 g/mol. The van der Waals surface area contributed by atoms with Crippen molar-refractivity contribution in [3.8, 4) is 5.13 Å². The molecule has 0 radical (unpaired) electrons. The molecular weight excluding hydrogens is 568 g/mol. The maximum atomic E-state index is 13.1. The van der Waals surface area contributed by atoms with Gasteiger partial charge in [-0.25, -0.2) is 27.0 Å². The highest BCUT2D eigenvalue weighted by atomic mass is 32.2. The molecule has 2 saturated heterocycles. The van der Waals surface area contributed by atoms with Crippen LogP contribution in [0.25, 0.3) is 16.0 Å². The molecule has 39 heavy (non-hydrogen) atoms. The van der Waals surface area contributed by atoms with Crippen LogP contribution in [0.2, 0.25) is 0 Å². The van der Waals surface area contributed by atoms with Gasteiger partial charge in [0.2, 0.25) is 5.13 Å². The summed E-state index contributed by atoms with van der Waals surface area (Å²) in [5, 5.41) is 11.6. The monoisotopic (exact) mass is 590 g/mol. The van der Waals surface area contributed by atoms with Crippen LogP contribution in [-0.2, 0) is 14.8 Å². The molecule has 18 heteroatoms. The minimum absolute atomic E-state index is 0.0250. The zero-order chi connectivity index (χ0) is 27.9. The Morgan fingerprint density at radius 2 is 1.87 bits per heavy atom. The molecule has 0 N–H and O–H groups in total. The number of carbonyl (C=O) groups excluding carboxylic acids is 1. The van der Waals surface area contributed by atoms with Gasteiger partial charge in [0.05, 0.1) is 42.1 Å². The number of halogens is 4. The second kappa shape index (κ2) is 10.6. The molecule has 12 nitrogen and oxygen atoms in total. The number of sulfonamides is 1. The Kier molecular flexibility index (Phi) is 7.43. The van der Waals surface area contributed by atoms with E-state index in [1.165, 1.54) is 35.0 Å². The van der Waals surface area contributed by atoms with E-state index in [2.05, 4.69) is 19.7 Å². The van der Waals surface area contributed by atoms with E-state index in [0.29, 0.717) is 28.1 Å². The Hall–Kier alpha value is -3.38. The Morgan fingerprint density at radius 1 is 1.15 bits per heavy atom. The van der Waals surface area contributed by atoms with Gasteiger partial charge in [0, 0.05) is 44.3 Å². The van der Waals surface area contributed by atoms with Crippen molar-refractivity contribution in [3.63, 3.8) is 0 Å². The van der Waals surface area contributed by atoms with Crippen molar-refractivity contribution in [1.82, 2.24) is 29.8 Å². The summed E-state index contributed by atoms with van der Waals surface area (Å²) in [7, 11) is -2.86. The highest BCUT2D eigenvalue weighted by Crippen LogP contribution is 2.34. The number of rotatable bonds is 7. The average Bonchev–Trinajstić information content (AvgIpc) is 3.52. The molecule has 3 aromatic rings. The third-order valence-electron chi connectivity index (χ3n) is 6.15. The van der Waals surface area contributed by atoms with Gasteiger partial charge in [0.1, 0.15) is 0 Å². The van der Waals surface area contributed by atoms with E-state index < -0.39 is 40.5 Å². The number of nitrogens with zero attached hydrogens (tertiary/aromatic N) is 8. The zero-order valence-electron chi connectivity index (χ0n) is 20.4. The summed E-state index contributed by atoms with van der Waals surface area (Å²) in [5.74, 6) is 0. The molecular formula is C21H22F4N8O4S2. The molecule has 2 aliphatic heterocycles. The summed E-state index contributed by atoms with van der Waals surface area (Å²) < 4.78 is 88.0. The summed E-state index contributed by atoms with van der Waals surface area (Å²) >= 11 is 0.621. The lowest BCUT2D eigenvalue weighted by atomic mass is 10.1. The van der Waals surface area contributed by atoms with Crippen molar-refractivity contribution in [3.05, 3.63) is 23.3 Å². The van der Waals surface area contributed by atoms with Gasteiger partial charge in [-0.1, -0.05) is 11.3 Å². The first-order valence-corrected chi connectivity index (χ1v) is 13.9. The standard InChI is InChI=1S/C21H22F4N8O4S2/c1-30(9-17(22)23)21(34)32-4-2-31(3-5-32)15-6-13(39(35,36)29-12-10-37-11-12)7-16-14(15)8-26-33(16)20-28-27-19(38-20)18(24)25/h6-8,17-18H,2-5,9-11H2,1H3. The lowest BCUT2D eigenvalue weighted by molar-refractivity contribution is 0.0941. The Bertz CT molecular complexity index is 1510. The predicted octanol–water partition coefficient (Wildman–Crippen LogP) is 2.41. The molecule has 0 spiro atoms. The number of carbonyl (C=O) groups is 1. The van der Waals surface area contributed by atoms with E-state index in [4.69, 9.17) is 4.74 Å². The Morgan fingerprint density at radius 3 is 2.46 bits per heavy atom. The van der Waals surface area contributed by atoms with Gasteiger partial charge in [-0.2, -0.15) is 17.9 Å². The number of aromatic nitrogens is 4. The van der Waals surface area contributed by atoms with E-state index in [0.717, 1.165) is 4.90 Å². The second-order valence-corrected chi connectivity index (χ2v) is 11.4. The van der Waals surface area contributed by atoms with E-state index in [1.54, 1.807) is 0 Å². The first-order valence-electron chi connectivity index (χ1n) is 11.6.